The van der Waals surface area contributed by atoms with E-state index in [1.807, 2.05) is 0 Å². The lowest BCUT2D eigenvalue weighted by Gasteiger charge is -2.17. The molecule has 0 bridgehead atoms. The number of hydrogen-bond donors (Lipinski definition) is 8. The molecule has 4 aromatic rings. The minimum Gasteiger partial charge on any atom is -0.368 e. The first kappa shape index (κ1) is 31.4. The molecule has 0 saturated carbocycles. The second-order valence-corrected chi connectivity index (χ2v) is 12.8. The number of anilines is 4. The van der Waals surface area contributed by atoms with Gasteiger partial charge in [-0.2, -0.15) is 45.3 Å². The Morgan fingerprint density at radius 1 is 0.884 bits per heavy atom. The molecule has 19 nitrogen and oxygen atoms in total. The van der Waals surface area contributed by atoms with Crippen molar-refractivity contribution in [3.05, 3.63) is 41.7 Å². The van der Waals surface area contributed by atoms with Crippen LogP contribution in [0.25, 0.3) is 21.9 Å². The molecule has 43 heavy (non-hydrogen) atoms. The van der Waals surface area contributed by atoms with Crippen molar-refractivity contribution in [3.63, 3.8) is 0 Å². The molecule has 0 atom stereocenters. The Morgan fingerprint density at radius 2 is 1.51 bits per heavy atom. The van der Waals surface area contributed by atoms with Gasteiger partial charge in [0.2, 0.25) is 17.2 Å². The number of rotatable bonds is 8. The third kappa shape index (κ3) is 6.59. The Labute approximate surface area is 246 Å². The molecule has 0 aliphatic heterocycles. The van der Waals surface area contributed by atoms with Crippen molar-refractivity contribution >= 4 is 87.7 Å². The number of fused-ring (bicyclic) bond motifs is 1. The largest absolute Gasteiger partial charge is 0.368 e. The van der Waals surface area contributed by atoms with Crippen LogP contribution < -0.4 is 22.1 Å². The highest BCUT2D eigenvalue weighted by molar-refractivity contribution is 7.87. The van der Waals surface area contributed by atoms with Crippen LogP contribution in [0.2, 0.25) is 5.28 Å². The molecule has 0 saturated heterocycles. The van der Waals surface area contributed by atoms with E-state index in [2.05, 4.69) is 30.7 Å². The zero-order valence-corrected chi connectivity index (χ0v) is 23.9. The molecule has 23 heteroatoms. The fraction of sp³-hybridized carbons (Fsp3) is 0. The van der Waals surface area contributed by atoms with Crippen LogP contribution in [0.3, 0.4) is 0 Å². The van der Waals surface area contributed by atoms with Gasteiger partial charge in [-0.05, 0) is 47.3 Å². The molecule has 0 spiro atoms. The molecule has 2 amide bonds. The lowest BCUT2D eigenvalue weighted by Crippen LogP contribution is -2.20. The molecular formula is C20H16ClN9O10S3. The first-order valence-electron chi connectivity index (χ1n) is 10.9. The van der Waals surface area contributed by atoms with Crippen molar-refractivity contribution < 1.29 is 43.7 Å². The summed E-state index contributed by atoms with van der Waals surface area (Å²) >= 11 is 5.77. The Morgan fingerprint density at radius 3 is 2.05 bits per heavy atom. The number of benzene rings is 3. The monoisotopic (exact) mass is 673 g/mol. The van der Waals surface area contributed by atoms with Crippen LogP contribution in [0.4, 0.5) is 33.8 Å². The minimum atomic E-state index is -5.42. The predicted molar refractivity (Wildman–Crippen MR) is 149 cm³/mol. The zero-order chi connectivity index (χ0) is 32.1. The lowest BCUT2D eigenvalue weighted by atomic mass is 9.98. The Kier molecular flexibility index (Phi) is 7.96. The van der Waals surface area contributed by atoms with Crippen LogP contribution >= 0.6 is 11.6 Å². The summed E-state index contributed by atoms with van der Waals surface area (Å²) in [5.41, 5.74) is 16.1. The first-order chi connectivity index (χ1) is 19.8. The van der Waals surface area contributed by atoms with Crippen LogP contribution in [0.15, 0.2) is 56.2 Å². The molecule has 3 aromatic carbocycles. The highest BCUT2D eigenvalue weighted by Crippen LogP contribution is 2.43. The Hall–Kier alpha value is -4.58. The van der Waals surface area contributed by atoms with Crippen molar-refractivity contribution in [3.8, 4) is 11.1 Å². The Balaban J connectivity index is 2.10. The van der Waals surface area contributed by atoms with E-state index >= 15 is 0 Å². The summed E-state index contributed by atoms with van der Waals surface area (Å²) in [6.45, 7) is 0. The third-order valence-corrected chi connectivity index (χ3v) is 8.36. The average Bonchev–Trinajstić information content (AvgIpc) is 2.84. The summed E-state index contributed by atoms with van der Waals surface area (Å²) in [5, 5.41) is 6.37. The number of carbonyl (C=O) groups excluding carboxylic acids is 1. The van der Waals surface area contributed by atoms with Crippen LogP contribution in [0, 0.1) is 5.53 Å². The second kappa shape index (κ2) is 10.9. The molecule has 4 rings (SSSR count). The molecule has 226 valence electrons. The number of nitrogens with one attached hydrogen (secondary N) is 3. The van der Waals surface area contributed by atoms with Gasteiger partial charge in [0.05, 0.1) is 5.69 Å². The fourth-order valence-electron chi connectivity index (χ4n) is 3.99. The van der Waals surface area contributed by atoms with Crippen LogP contribution in [0.5, 0.6) is 0 Å². The van der Waals surface area contributed by atoms with E-state index in [4.69, 9.17) is 28.6 Å². The molecule has 0 radical (unpaired) electrons. The standard InChI is InChI=1S/C20H16ClN9O10S3/c21-17-27-18(22)29-20(28-17)25-8-1-2-9(12(5-8)26-19(23)31)11-6-10-7(3-13(11)41(32,33)34)4-14(42(35,36)37)15(30-24)16(10)43(38,39)40/h1-6,24H,(H3,23,26,31)(H,32,33,34)(H,35,36,37)(H,38,39,40)(H3,22,25,27,28,29). The van der Waals surface area contributed by atoms with E-state index in [0.29, 0.717) is 12.1 Å². The Bertz CT molecular complexity index is 2180. The van der Waals surface area contributed by atoms with Crippen LogP contribution in [-0.2, 0) is 30.4 Å². The SMILES string of the molecule is N=Nc1c(S(=O)(=O)O)cc2cc(S(=O)(=O)O)c(-c3ccc(Nc4nc(N)nc(Cl)n4)cc3NC(N)=O)cc2c1S(=O)(=O)O. The highest BCUT2D eigenvalue weighted by atomic mass is 35.5. The molecule has 0 unspecified atom stereocenters. The quantitative estimate of drug-likeness (QED) is 0.0983. The van der Waals surface area contributed by atoms with Gasteiger partial charge in [-0.25, -0.2) is 10.3 Å². The summed E-state index contributed by atoms with van der Waals surface area (Å²) in [4.78, 5) is 19.6. The maximum atomic E-state index is 12.5. The van der Waals surface area contributed by atoms with E-state index in [9.17, 15) is 43.7 Å². The topological polar surface area (TPSA) is 331 Å². The normalized spacial score (nSPS) is 12.2. The predicted octanol–water partition coefficient (Wildman–Crippen LogP) is 2.56. The number of nitrogens with two attached hydrogens (primary N) is 2. The first-order valence-corrected chi connectivity index (χ1v) is 15.6. The fourth-order valence-corrected chi connectivity index (χ4v) is 6.47. The van der Waals surface area contributed by atoms with Gasteiger partial charge in [-0.15, -0.1) is 0 Å². The van der Waals surface area contributed by atoms with Crippen molar-refractivity contribution in [2.75, 3.05) is 16.4 Å². The highest BCUT2D eigenvalue weighted by Gasteiger charge is 2.30. The van der Waals surface area contributed by atoms with Crippen molar-refractivity contribution in [2.24, 2.45) is 10.8 Å². The summed E-state index contributed by atoms with van der Waals surface area (Å²) in [6.07, 6.45) is 0. The summed E-state index contributed by atoms with van der Waals surface area (Å²) in [6, 6.07) is 4.53. The second-order valence-electron chi connectivity index (χ2n) is 8.32. The van der Waals surface area contributed by atoms with Crippen molar-refractivity contribution in [1.29, 1.82) is 5.53 Å². The maximum absolute atomic E-state index is 12.5. The third-order valence-electron chi connectivity index (χ3n) is 5.51. The number of primary amides is 1. The zero-order valence-electron chi connectivity index (χ0n) is 20.7. The maximum Gasteiger partial charge on any atom is 0.316 e. The number of carbonyl (C=O) groups is 1. The van der Waals surface area contributed by atoms with Crippen molar-refractivity contribution in [2.45, 2.75) is 14.7 Å². The number of nitrogens with zero attached hydrogens (tertiary/aromatic N) is 4. The van der Waals surface area contributed by atoms with E-state index in [0.717, 1.165) is 6.07 Å². The van der Waals surface area contributed by atoms with E-state index in [1.165, 1.54) is 18.2 Å². The van der Waals surface area contributed by atoms with Crippen LogP contribution in [-0.4, -0.2) is 59.9 Å². The number of aromatic nitrogens is 3. The lowest BCUT2D eigenvalue weighted by molar-refractivity contribution is 0.259. The van der Waals surface area contributed by atoms with Gasteiger partial charge >= 0.3 is 6.03 Å². The average molecular weight is 674 g/mol. The van der Waals surface area contributed by atoms with Gasteiger partial charge in [-0.1, -0.05) is 6.07 Å². The number of halogens is 1. The molecule has 10 N–H and O–H groups in total. The molecule has 0 fully saturated rings. The van der Waals surface area contributed by atoms with E-state index < -0.39 is 73.1 Å². The van der Waals surface area contributed by atoms with Gasteiger partial charge < -0.3 is 22.1 Å². The van der Waals surface area contributed by atoms with E-state index in [1.54, 1.807) is 0 Å². The summed E-state index contributed by atoms with van der Waals surface area (Å²) in [7, 11) is -15.9. The van der Waals surface area contributed by atoms with Crippen molar-refractivity contribution in [1.82, 2.24) is 15.0 Å². The molecular weight excluding hydrogens is 658 g/mol. The van der Waals surface area contributed by atoms with Gasteiger partial charge in [0.15, 0.2) is 0 Å². The molecule has 0 aliphatic carbocycles. The number of amides is 2. The summed E-state index contributed by atoms with van der Waals surface area (Å²) in [5.74, 6) is -0.382. The van der Waals surface area contributed by atoms with Gasteiger partial charge in [0.1, 0.15) is 20.4 Å². The number of hydrogen-bond acceptors (Lipinski definition) is 14. The number of nitrogen functional groups attached to an aromatic ring is 1. The van der Waals surface area contributed by atoms with Gasteiger partial charge in [0.25, 0.3) is 30.4 Å². The molecule has 1 aromatic heterocycles. The molecule has 1 heterocycles. The van der Waals surface area contributed by atoms with E-state index in [-0.39, 0.29) is 34.1 Å². The molecule has 0 aliphatic rings. The smallest absolute Gasteiger partial charge is 0.316 e. The van der Waals surface area contributed by atoms with Gasteiger partial charge in [0, 0.05) is 22.2 Å². The van der Waals surface area contributed by atoms with Crippen LogP contribution in [0.1, 0.15) is 0 Å². The number of urea groups is 1. The summed E-state index contributed by atoms with van der Waals surface area (Å²) < 4.78 is 103. The minimum absolute atomic E-state index is 0.134. The van der Waals surface area contributed by atoms with Gasteiger partial charge in [-0.3, -0.25) is 13.7 Å².